The molecule has 124 valence electrons. The van der Waals surface area contributed by atoms with Gasteiger partial charge in [-0.05, 0) is 37.3 Å². The van der Waals surface area contributed by atoms with E-state index < -0.39 is 0 Å². The van der Waals surface area contributed by atoms with E-state index in [-0.39, 0.29) is 11.7 Å². The van der Waals surface area contributed by atoms with Crippen LogP contribution >= 0.6 is 23.4 Å². The number of aryl methyl sites for hydroxylation is 1. The van der Waals surface area contributed by atoms with Gasteiger partial charge in [-0.1, -0.05) is 23.4 Å². The molecule has 0 spiro atoms. The predicted molar refractivity (Wildman–Crippen MR) is 92.9 cm³/mol. The van der Waals surface area contributed by atoms with Crippen LogP contribution in [0.1, 0.15) is 5.82 Å². The van der Waals surface area contributed by atoms with E-state index in [0.29, 0.717) is 33.0 Å². The molecule has 0 aliphatic rings. The monoisotopic (exact) mass is 363 g/mol. The highest BCUT2D eigenvalue weighted by molar-refractivity contribution is 7.99. The summed E-state index contributed by atoms with van der Waals surface area (Å²) in [6, 6.07) is 8.71. The van der Waals surface area contributed by atoms with Crippen molar-refractivity contribution >= 4 is 40.6 Å². The lowest BCUT2D eigenvalue weighted by Gasteiger charge is -2.08. The lowest BCUT2D eigenvalue weighted by Crippen LogP contribution is -2.14. The van der Waals surface area contributed by atoms with Crippen LogP contribution < -0.4 is 10.1 Å². The first kappa shape index (κ1) is 16.5. The number of rotatable bonds is 5. The first-order valence-corrected chi connectivity index (χ1v) is 8.38. The number of thioether (sulfide) groups is 1. The van der Waals surface area contributed by atoms with Gasteiger partial charge in [-0.3, -0.25) is 4.79 Å². The molecule has 2 aromatic heterocycles. The minimum Gasteiger partial charge on any atom is -0.495 e. The Hall–Kier alpha value is -2.32. The number of benzene rings is 1. The second-order valence-electron chi connectivity index (χ2n) is 4.87. The summed E-state index contributed by atoms with van der Waals surface area (Å²) >= 11 is 7.37. The summed E-state index contributed by atoms with van der Waals surface area (Å²) < 4.78 is 6.72. The van der Waals surface area contributed by atoms with Gasteiger partial charge in [-0.15, -0.1) is 10.2 Å². The van der Waals surface area contributed by atoms with Crippen molar-refractivity contribution in [1.82, 2.24) is 19.8 Å². The quantitative estimate of drug-likeness (QED) is 0.702. The first-order valence-electron chi connectivity index (χ1n) is 7.02. The van der Waals surface area contributed by atoms with Gasteiger partial charge >= 0.3 is 0 Å². The summed E-state index contributed by atoms with van der Waals surface area (Å²) in [6.45, 7) is 1.82. The van der Waals surface area contributed by atoms with Gasteiger partial charge < -0.3 is 10.1 Å². The van der Waals surface area contributed by atoms with Gasteiger partial charge in [0.2, 0.25) is 5.91 Å². The van der Waals surface area contributed by atoms with Crippen molar-refractivity contribution in [2.75, 3.05) is 18.2 Å². The number of anilines is 1. The molecule has 1 aromatic carbocycles. The number of halogens is 1. The molecule has 0 bridgehead atoms. The zero-order valence-electron chi connectivity index (χ0n) is 13.0. The number of hydrogen-bond acceptors (Lipinski definition) is 6. The van der Waals surface area contributed by atoms with Crippen LogP contribution in [0.2, 0.25) is 5.02 Å². The van der Waals surface area contributed by atoms with Crippen molar-refractivity contribution in [3.63, 3.8) is 0 Å². The number of carbonyl (C=O) groups is 1. The van der Waals surface area contributed by atoms with Crippen LogP contribution in [-0.2, 0) is 4.79 Å². The highest BCUT2D eigenvalue weighted by Crippen LogP contribution is 2.27. The third kappa shape index (κ3) is 3.60. The Balaban J connectivity index is 1.62. The SMILES string of the molecule is COc1ccc(NC(=O)CSc2ccc3nnc(C)n3n2)cc1Cl. The summed E-state index contributed by atoms with van der Waals surface area (Å²) in [5, 5.41) is 16.3. The molecule has 0 aliphatic heterocycles. The van der Waals surface area contributed by atoms with Gasteiger partial charge in [0.1, 0.15) is 10.8 Å². The van der Waals surface area contributed by atoms with Crippen LogP contribution in [0, 0.1) is 6.92 Å². The highest BCUT2D eigenvalue weighted by Gasteiger charge is 2.09. The zero-order valence-corrected chi connectivity index (χ0v) is 14.6. The topological polar surface area (TPSA) is 81.4 Å². The molecule has 0 fully saturated rings. The number of nitrogens with one attached hydrogen (secondary N) is 1. The summed E-state index contributed by atoms with van der Waals surface area (Å²) in [6.07, 6.45) is 0. The van der Waals surface area contributed by atoms with Crippen LogP contribution in [-0.4, -0.2) is 38.6 Å². The van der Waals surface area contributed by atoms with Crippen molar-refractivity contribution in [3.8, 4) is 5.75 Å². The lowest BCUT2D eigenvalue weighted by molar-refractivity contribution is -0.113. The minimum absolute atomic E-state index is 0.149. The maximum absolute atomic E-state index is 12.1. The first-order chi connectivity index (χ1) is 11.6. The smallest absolute Gasteiger partial charge is 0.234 e. The Morgan fingerprint density at radius 2 is 2.17 bits per heavy atom. The maximum atomic E-state index is 12.1. The van der Waals surface area contributed by atoms with Gasteiger partial charge in [0.25, 0.3) is 0 Å². The fraction of sp³-hybridized carbons (Fsp3) is 0.200. The number of carbonyl (C=O) groups excluding carboxylic acids is 1. The molecule has 1 amide bonds. The Kier molecular flexibility index (Phi) is 4.86. The summed E-state index contributed by atoms with van der Waals surface area (Å²) in [7, 11) is 1.54. The van der Waals surface area contributed by atoms with E-state index >= 15 is 0 Å². The van der Waals surface area contributed by atoms with Crippen molar-refractivity contribution < 1.29 is 9.53 Å². The molecule has 0 radical (unpaired) electrons. The number of aromatic nitrogens is 4. The lowest BCUT2D eigenvalue weighted by atomic mass is 10.3. The predicted octanol–water partition coefficient (Wildman–Crippen LogP) is 2.83. The summed E-state index contributed by atoms with van der Waals surface area (Å²) in [5.74, 6) is 1.34. The van der Waals surface area contributed by atoms with E-state index in [1.165, 1.54) is 18.9 Å². The van der Waals surface area contributed by atoms with Crippen LogP contribution in [0.4, 0.5) is 5.69 Å². The molecule has 7 nitrogen and oxygen atoms in total. The zero-order chi connectivity index (χ0) is 17.1. The Morgan fingerprint density at radius 3 is 2.92 bits per heavy atom. The normalized spacial score (nSPS) is 10.8. The second kappa shape index (κ2) is 7.06. The molecule has 0 aliphatic carbocycles. The minimum atomic E-state index is -0.149. The van der Waals surface area contributed by atoms with E-state index in [9.17, 15) is 4.79 Å². The molecule has 3 aromatic rings. The van der Waals surface area contributed by atoms with Gasteiger partial charge in [0.05, 0.1) is 17.9 Å². The molecule has 24 heavy (non-hydrogen) atoms. The summed E-state index contributed by atoms with van der Waals surface area (Å²) in [4.78, 5) is 12.1. The molecule has 2 heterocycles. The van der Waals surface area contributed by atoms with E-state index in [1.807, 2.05) is 19.1 Å². The van der Waals surface area contributed by atoms with Gasteiger partial charge in [0, 0.05) is 5.69 Å². The van der Waals surface area contributed by atoms with Crippen LogP contribution in [0.5, 0.6) is 5.75 Å². The molecule has 0 saturated heterocycles. The largest absolute Gasteiger partial charge is 0.495 e. The average Bonchev–Trinajstić information content (AvgIpc) is 2.94. The number of hydrogen-bond donors (Lipinski definition) is 1. The third-order valence-corrected chi connectivity index (χ3v) is 4.40. The molecular weight excluding hydrogens is 350 g/mol. The number of methoxy groups -OCH3 is 1. The molecule has 0 saturated carbocycles. The molecule has 0 atom stereocenters. The number of ether oxygens (including phenoxy) is 1. The van der Waals surface area contributed by atoms with E-state index in [1.54, 1.807) is 22.7 Å². The van der Waals surface area contributed by atoms with Crippen molar-refractivity contribution in [1.29, 1.82) is 0 Å². The van der Waals surface area contributed by atoms with Crippen molar-refractivity contribution in [2.45, 2.75) is 11.9 Å². The standard InChI is InChI=1S/C15H14ClN5O2S/c1-9-18-19-13-5-6-15(20-21(9)13)24-8-14(22)17-10-3-4-12(23-2)11(16)7-10/h3-7H,8H2,1-2H3,(H,17,22). The van der Waals surface area contributed by atoms with E-state index in [0.717, 1.165) is 0 Å². The average molecular weight is 364 g/mol. The molecule has 1 N–H and O–H groups in total. The van der Waals surface area contributed by atoms with E-state index in [4.69, 9.17) is 16.3 Å². The number of nitrogens with zero attached hydrogens (tertiary/aromatic N) is 4. The molecule has 9 heteroatoms. The van der Waals surface area contributed by atoms with Gasteiger partial charge in [-0.25, -0.2) is 0 Å². The Bertz CT molecular complexity index is 899. The summed E-state index contributed by atoms with van der Waals surface area (Å²) in [5.41, 5.74) is 1.29. The van der Waals surface area contributed by atoms with Crippen molar-refractivity contribution in [3.05, 3.63) is 41.2 Å². The molecule has 0 unspecified atom stereocenters. The second-order valence-corrected chi connectivity index (χ2v) is 6.28. The van der Waals surface area contributed by atoms with Crippen LogP contribution in [0.25, 0.3) is 5.65 Å². The van der Waals surface area contributed by atoms with Gasteiger partial charge in [0.15, 0.2) is 11.5 Å². The molecule has 3 rings (SSSR count). The number of fused-ring (bicyclic) bond motifs is 1. The fourth-order valence-electron chi connectivity index (χ4n) is 2.04. The highest BCUT2D eigenvalue weighted by atomic mass is 35.5. The maximum Gasteiger partial charge on any atom is 0.234 e. The third-order valence-electron chi connectivity index (χ3n) is 3.18. The fourth-order valence-corrected chi connectivity index (χ4v) is 2.95. The van der Waals surface area contributed by atoms with Crippen LogP contribution in [0.3, 0.4) is 0 Å². The molecular formula is C15H14ClN5O2S. The van der Waals surface area contributed by atoms with Gasteiger partial charge in [-0.2, -0.15) is 9.61 Å². The number of amides is 1. The van der Waals surface area contributed by atoms with E-state index in [2.05, 4.69) is 20.6 Å². The van der Waals surface area contributed by atoms with Crippen molar-refractivity contribution in [2.24, 2.45) is 0 Å². The Labute approximate surface area is 147 Å². The van der Waals surface area contributed by atoms with Crippen LogP contribution in [0.15, 0.2) is 35.4 Å². The Morgan fingerprint density at radius 1 is 1.33 bits per heavy atom.